The molecule has 1 aromatic heterocycles. The highest BCUT2D eigenvalue weighted by Crippen LogP contribution is 2.26. The summed E-state index contributed by atoms with van der Waals surface area (Å²) in [4.78, 5) is 8.42. The number of anilines is 2. The molecule has 2 rings (SSSR count). The molecule has 1 heterocycles. The summed E-state index contributed by atoms with van der Waals surface area (Å²) >= 11 is 4.85. The van der Waals surface area contributed by atoms with Gasteiger partial charge < -0.3 is 10.1 Å². The molecule has 4 nitrogen and oxygen atoms in total. The summed E-state index contributed by atoms with van der Waals surface area (Å²) < 4.78 is 19.2. The number of nitrogens with one attached hydrogen (secondary N) is 1. The highest BCUT2D eigenvalue weighted by molar-refractivity contribution is 9.10. The second-order valence-corrected chi connectivity index (χ2v) is 5.20. The second-order valence-electron chi connectivity index (χ2n) is 3.56. The van der Waals surface area contributed by atoms with Gasteiger partial charge in [0.25, 0.3) is 0 Å². The first-order valence-electron chi connectivity index (χ1n) is 5.30. The van der Waals surface area contributed by atoms with Crippen molar-refractivity contribution in [1.29, 1.82) is 0 Å². The Hall–Kier alpha value is -1.34. The van der Waals surface area contributed by atoms with E-state index in [4.69, 9.17) is 4.74 Å². The first-order valence-corrected chi connectivity index (χ1v) is 7.32. The number of aromatic nitrogens is 2. The molecular formula is C12H11BrFN3OS. The van der Waals surface area contributed by atoms with Gasteiger partial charge in [-0.2, -0.15) is 0 Å². The SMILES string of the molecule is COc1cc(F)cc(Nc2ncc(Br)c(SC)n2)c1. The van der Waals surface area contributed by atoms with Gasteiger partial charge in [0, 0.05) is 24.0 Å². The Balaban J connectivity index is 2.28. The fraction of sp³-hybridized carbons (Fsp3) is 0.167. The van der Waals surface area contributed by atoms with Gasteiger partial charge in [0.1, 0.15) is 16.6 Å². The molecule has 0 saturated heterocycles. The van der Waals surface area contributed by atoms with E-state index < -0.39 is 0 Å². The summed E-state index contributed by atoms with van der Waals surface area (Å²) in [6.45, 7) is 0. The van der Waals surface area contributed by atoms with E-state index in [0.717, 1.165) is 9.50 Å². The number of ether oxygens (including phenoxy) is 1. The van der Waals surface area contributed by atoms with E-state index in [1.807, 2.05) is 6.26 Å². The van der Waals surface area contributed by atoms with Crippen LogP contribution in [0.2, 0.25) is 0 Å². The largest absolute Gasteiger partial charge is 0.497 e. The molecule has 0 radical (unpaired) electrons. The van der Waals surface area contributed by atoms with Crippen LogP contribution in [0.5, 0.6) is 5.75 Å². The maximum absolute atomic E-state index is 13.4. The minimum atomic E-state index is -0.385. The Morgan fingerprint density at radius 3 is 2.84 bits per heavy atom. The van der Waals surface area contributed by atoms with Gasteiger partial charge in [0.2, 0.25) is 5.95 Å². The third kappa shape index (κ3) is 3.57. The Bertz CT molecular complexity index is 597. The Kier molecular flexibility index (Phi) is 4.60. The van der Waals surface area contributed by atoms with Gasteiger partial charge in [-0.05, 0) is 28.3 Å². The highest BCUT2D eigenvalue weighted by atomic mass is 79.9. The van der Waals surface area contributed by atoms with Gasteiger partial charge in [-0.1, -0.05) is 0 Å². The van der Waals surface area contributed by atoms with Gasteiger partial charge in [-0.15, -0.1) is 11.8 Å². The van der Waals surface area contributed by atoms with Crippen LogP contribution in [0.15, 0.2) is 33.9 Å². The molecule has 100 valence electrons. The summed E-state index contributed by atoms with van der Waals surface area (Å²) in [7, 11) is 1.49. The minimum absolute atomic E-state index is 0.385. The average Bonchev–Trinajstić information content (AvgIpc) is 2.40. The second kappa shape index (κ2) is 6.21. The van der Waals surface area contributed by atoms with Crippen LogP contribution in [0.4, 0.5) is 16.0 Å². The van der Waals surface area contributed by atoms with Crippen LogP contribution in [-0.4, -0.2) is 23.3 Å². The van der Waals surface area contributed by atoms with Crippen LogP contribution in [0, 0.1) is 5.82 Å². The molecule has 0 aliphatic rings. The van der Waals surface area contributed by atoms with E-state index in [9.17, 15) is 4.39 Å². The lowest BCUT2D eigenvalue weighted by Gasteiger charge is -2.08. The van der Waals surface area contributed by atoms with Gasteiger partial charge in [-0.3, -0.25) is 0 Å². The number of thioether (sulfide) groups is 1. The smallest absolute Gasteiger partial charge is 0.228 e. The van der Waals surface area contributed by atoms with Crippen LogP contribution in [0.3, 0.4) is 0 Å². The van der Waals surface area contributed by atoms with Gasteiger partial charge in [0.15, 0.2) is 0 Å². The Morgan fingerprint density at radius 2 is 2.16 bits per heavy atom. The fourth-order valence-corrected chi connectivity index (χ4v) is 2.54. The zero-order valence-electron chi connectivity index (χ0n) is 10.3. The van der Waals surface area contributed by atoms with E-state index in [0.29, 0.717) is 17.4 Å². The van der Waals surface area contributed by atoms with Crippen molar-refractivity contribution in [2.24, 2.45) is 0 Å². The standard InChI is InChI=1S/C12H11BrFN3OS/c1-18-9-4-7(14)3-8(5-9)16-12-15-6-10(13)11(17-12)19-2/h3-6H,1-2H3,(H,15,16,17). The van der Waals surface area contributed by atoms with Crippen LogP contribution < -0.4 is 10.1 Å². The monoisotopic (exact) mass is 343 g/mol. The lowest BCUT2D eigenvalue weighted by Crippen LogP contribution is -1.99. The minimum Gasteiger partial charge on any atom is -0.497 e. The van der Waals surface area contributed by atoms with Crippen molar-refractivity contribution in [2.75, 3.05) is 18.7 Å². The van der Waals surface area contributed by atoms with Gasteiger partial charge >= 0.3 is 0 Å². The number of benzene rings is 1. The summed E-state index contributed by atoms with van der Waals surface area (Å²) in [5.74, 6) is 0.453. The quantitative estimate of drug-likeness (QED) is 0.674. The molecule has 0 unspecified atom stereocenters. The first-order chi connectivity index (χ1) is 9.12. The van der Waals surface area contributed by atoms with Crippen molar-refractivity contribution in [3.63, 3.8) is 0 Å². The average molecular weight is 344 g/mol. The number of nitrogens with zero attached hydrogens (tertiary/aromatic N) is 2. The summed E-state index contributed by atoms with van der Waals surface area (Å²) in [6, 6.07) is 4.33. The lowest BCUT2D eigenvalue weighted by atomic mass is 10.3. The third-order valence-corrected chi connectivity index (χ3v) is 3.81. The van der Waals surface area contributed by atoms with Crippen molar-refractivity contribution in [2.45, 2.75) is 5.03 Å². The molecule has 0 atom stereocenters. The number of hydrogen-bond donors (Lipinski definition) is 1. The maximum Gasteiger partial charge on any atom is 0.228 e. The van der Waals surface area contributed by atoms with Crippen molar-refractivity contribution < 1.29 is 9.13 Å². The summed E-state index contributed by atoms with van der Waals surface area (Å²) in [5, 5.41) is 3.75. The van der Waals surface area contributed by atoms with Gasteiger partial charge in [0.05, 0.1) is 11.6 Å². The Morgan fingerprint density at radius 1 is 1.37 bits per heavy atom. The third-order valence-electron chi connectivity index (χ3n) is 2.27. The van der Waals surface area contributed by atoms with Crippen LogP contribution in [-0.2, 0) is 0 Å². The van der Waals surface area contributed by atoms with E-state index in [-0.39, 0.29) is 5.82 Å². The predicted octanol–water partition coefficient (Wildman–Crippen LogP) is 3.85. The molecule has 0 fully saturated rings. The molecular weight excluding hydrogens is 333 g/mol. The molecule has 19 heavy (non-hydrogen) atoms. The Labute approximate surface area is 122 Å². The zero-order valence-corrected chi connectivity index (χ0v) is 12.7. The normalized spacial score (nSPS) is 10.3. The molecule has 0 saturated carbocycles. The van der Waals surface area contributed by atoms with Crippen LogP contribution >= 0.6 is 27.7 Å². The van der Waals surface area contributed by atoms with E-state index >= 15 is 0 Å². The van der Waals surface area contributed by atoms with Gasteiger partial charge in [-0.25, -0.2) is 14.4 Å². The van der Waals surface area contributed by atoms with Crippen molar-refractivity contribution >= 4 is 39.3 Å². The number of rotatable bonds is 4. The molecule has 1 aromatic carbocycles. The number of halogens is 2. The number of methoxy groups -OCH3 is 1. The van der Waals surface area contributed by atoms with Crippen LogP contribution in [0.25, 0.3) is 0 Å². The summed E-state index contributed by atoms with van der Waals surface area (Å²) in [6.07, 6.45) is 3.57. The molecule has 0 spiro atoms. The summed E-state index contributed by atoms with van der Waals surface area (Å²) in [5.41, 5.74) is 0.534. The zero-order chi connectivity index (χ0) is 13.8. The molecule has 0 aliphatic heterocycles. The van der Waals surface area contributed by atoms with Crippen molar-refractivity contribution in [3.8, 4) is 5.75 Å². The molecule has 0 bridgehead atoms. The van der Waals surface area contributed by atoms with Crippen molar-refractivity contribution in [3.05, 3.63) is 34.7 Å². The fourth-order valence-electron chi connectivity index (χ4n) is 1.44. The molecule has 1 N–H and O–H groups in total. The molecule has 0 amide bonds. The molecule has 7 heteroatoms. The van der Waals surface area contributed by atoms with E-state index in [2.05, 4.69) is 31.2 Å². The van der Waals surface area contributed by atoms with E-state index in [1.165, 1.54) is 31.0 Å². The topological polar surface area (TPSA) is 47.0 Å². The van der Waals surface area contributed by atoms with Crippen LogP contribution in [0.1, 0.15) is 0 Å². The molecule has 0 aliphatic carbocycles. The first kappa shape index (κ1) is 14.1. The maximum atomic E-state index is 13.4. The predicted molar refractivity (Wildman–Crippen MR) is 77.7 cm³/mol. The molecule has 2 aromatic rings. The lowest BCUT2D eigenvalue weighted by molar-refractivity contribution is 0.411. The van der Waals surface area contributed by atoms with E-state index in [1.54, 1.807) is 12.3 Å². The van der Waals surface area contributed by atoms with Crippen molar-refractivity contribution in [1.82, 2.24) is 9.97 Å². The highest BCUT2D eigenvalue weighted by Gasteiger charge is 2.06. The number of hydrogen-bond acceptors (Lipinski definition) is 5.